The molecule has 5 nitrogen and oxygen atoms in total. The second-order valence-electron chi connectivity index (χ2n) is 8.73. The Morgan fingerprint density at radius 1 is 1.39 bits per heavy atom. The second kappa shape index (κ2) is 6.68. The Bertz CT molecular complexity index is 914. The van der Waals surface area contributed by atoms with E-state index in [4.69, 9.17) is 0 Å². The van der Waals surface area contributed by atoms with E-state index in [-0.39, 0.29) is 6.04 Å². The van der Waals surface area contributed by atoms with Crippen LogP contribution in [0.25, 0.3) is 11.1 Å². The molecule has 148 valence electrons. The summed E-state index contributed by atoms with van der Waals surface area (Å²) in [5.74, 6) is -1.24. The molecule has 2 heterocycles. The maximum atomic E-state index is 11.7. The molecule has 5 heteroatoms. The molecule has 0 bridgehead atoms. The Balaban J connectivity index is 1.97. The number of quaternary nitrogens is 1. The van der Waals surface area contributed by atoms with E-state index in [0.29, 0.717) is 19.0 Å². The van der Waals surface area contributed by atoms with E-state index in [0.717, 1.165) is 29.2 Å². The number of allylic oxidation sites excluding steroid dienone is 1. The van der Waals surface area contributed by atoms with E-state index in [1.165, 1.54) is 28.1 Å². The SMILES string of the molecule is CC(C)[N@+]1(C)C(CCC=O)=C2C[C@@H]3C(=C[C@@H](C(=O)O)CN3C)c3cccc1c32. The summed E-state index contributed by atoms with van der Waals surface area (Å²) in [6.07, 6.45) is 5.18. The monoisotopic (exact) mass is 381 g/mol. The number of carbonyl (C=O) groups excluding carboxylic acids is 1. The summed E-state index contributed by atoms with van der Waals surface area (Å²) in [5.41, 5.74) is 7.59. The first-order chi connectivity index (χ1) is 13.3. The summed E-state index contributed by atoms with van der Waals surface area (Å²) in [7, 11) is 4.28. The van der Waals surface area contributed by atoms with Crippen molar-refractivity contribution in [1.29, 1.82) is 0 Å². The van der Waals surface area contributed by atoms with Crippen molar-refractivity contribution in [2.45, 2.75) is 45.2 Å². The molecule has 1 aromatic carbocycles. The zero-order chi connectivity index (χ0) is 20.2. The van der Waals surface area contributed by atoms with Gasteiger partial charge in [0.1, 0.15) is 17.7 Å². The van der Waals surface area contributed by atoms with Crippen LogP contribution in [-0.4, -0.2) is 55.0 Å². The summed E-state index contributed by atoms with van der Waals surface area (Å²) in [6.45, 7) is 5.00. The molecule has 1 aliphatic carbocycles. The number of carboxylic acid groups (broad SMARTS) is 1. The maximum absolute atomic E-state index is 11.7. The van der Waals surface area contributed by atoms with Crippen molar-refractivity contribution in [3.8, 4) is 0 Å². The van der Waals surface area contributed by atoms with Crippen LogP contribution in [0.15, 0.2) is 30.0 Å². The summed E-state index contributed by atoms with van der Waals surface area (Å²) in [4.78, 5) is 25.0. The van der Waals surface area contributed by atoms with Gasteiger partial charge in [-0.15, -0.1) is 0 Å². The summed E-state index contributed by atoms with van der Waals surface area (Å²) >= 11 is 0. The normalized spacial score (nSPS) is 28.8. The lowest BCUT2D eigenvalue weighted by Gasteiger charge is -2.39. The second-order valence-corrected chi connectivity index (χ2v) is 8.73. The van der Waals surface area contributed by atoms with Crippen LogP contribution in [0.2, 0.25) is 0 Å². The van der Waals surface area contributed by atoms with Crippen molar-refractivity contribution in [2.75, 3.05) is 20.6 Å². The number of aldehydes is 1. The predicted molar refractivity (Wildman–Crippen MR) is 112 cm³/mol. The third-order valence-corrected chi connectivity index (χ3v) is 7.07. The molecule has 1 N–H and O–H groups in total. The Labute approximate surface area is 166 Å². The summed E-state index contributed by atoms with van der Waals surface area (Å²) in [6, 6.07) is 6.99. The fourth-order valence-electron chi connectivity index (χ4n) is 5.38. The van der Waals surface area contributed by atoms with Gasteiger partial charge >= 0.3 is 5.97 Å². The number of likely N-dealkylation sites (N-methyl/N-ethyl adjacent to an activating group) is 1. The highest BCUT2D eigenvalue weighted by Crippen LogP contribution is 2.55. The lowest BCUT2D eigenvalue weighted by Crippen LogP contribution is -2.48. The van der Waals surface area contributed by atoms with E-state index in [2.05, 4.69) is 44.0 Å². The van der Waals surface area contributed by atoms with E-state index < -0.39 is 11.9 Å². The summed E-state index contributed by atoms with van der Waals surface area (Å²) < 4.78 is 0.735. The van der Waals surface area contributed by atoms with Gasteiger partial charge in [-0.25, -0.2) is 0 Å². The number of hydrogen-bond donors (Lipinski definition) is 1. The number of hydrogen-bond acceptors (Lipinski definition) is 3. The molecule has 0 saturated carbocycles. The van der Waals surface area contributed by atoms with Crippen LogP contribution < -0.4 is 4.48 Å². The molecular formula is C23H29N2O3+. The van der Waals surface area contributed by atoms with Crippen molar-refractivity contribution in [3.63, 3.8) is 0 Å². The van der Waals surface area contributed by atoms with Gasteiger partial charge in [-0.1, -0.05) is 18.2 Å². The highest BCUT2D eigenvalue weighted by Gasteiger charge is 2.49. The molecular weight excluding hydrogens is 352 g/mol. The molecule has 3 aliphatic rings. The molecule has 0 fully saturated rings. The largest absolute Gasteiger partial charge is 0.481 e. The van der Waals surface area contributed by atoms with Gasteiger partial charge in [-0.3, -0.25) is 14.2 Å². The maximum Gasteiger partial charge on any atom is 0.311 e. The van der Waals surface area contributed by atoms with Gasteiger partial charge in [-0.2, -0.15) is 0 Å². The first kappa shape index (κ1) is 19.1. The van der Waals surface area contributed by atoms with E-state index >= 15 is 0 Å². The lowest BCUT2D eigenvalue weighted by molar-refractivity contribution is -0.140. The van der Waals surface area contributed by atoms with Crippen molar-refractivity contribution in [1.82, 2.24) is 9.38 Å². The van der Waals surface area contributed by atoms with Crippen molar-refractivity contribution in [3.05, 3.63) is 41.1 Å². The number of fused-ring (bicyclic) bond motifs is 2. The number of aliphatic carboxylic acids is 1. The van der Waals surface area contributed by atoms with Crippen LogP contribution in [-0.2, 0) is 9.59 Å². The third-order valence-electron chi connectivity index (χ3n) is 7.07. The number of nitrogens with zero attached hydrogens (tertiary/aromatic N) is 2. The number of benzene rings is 1. The zero-order valence-electron chi connectivity index (χ0n) is 17.1. The van der Waals surface area contributed by atoms with Crippen LogP contribution in [0.4, 0.5) is 5.69 Å². The Kier molecular flexibility index (Phi) is 4.55. The molecule has 2 aliphatic heterocycles. The van der Waals surface area contributed by atoms with Crippen molar-refractivity contribution in [2.24, 2.45) is 5.92 Å². The minimum absolute atomic E-state index is 0.193. The summed E-state index contributed by atoms with van der Waals surface area (Å²) in [5, 5.41) is 9.59. The number of carboxylic acids is 1. The Morgan fingerprint density at radius 2 is 2.14 bits per heavy atom. The predicted octanol–water partition coefficient (Wildman–Crippen LogP) is 3.54. The van der Waals surface area contributed by atoms with Crippen LogP contribution in [0.1, 0.15) is 44.2 Å². The molecule has 1 aromatic rings. The topological polar surface area (TPSA) is 57.6 Å². The molecule has 0 radical (unpaired) electrons. The highest BCUT2D eigenvalue weighted by molar-refractivity contribution is 5.98. The minimum Gasteiger partial charge on any atom is -0.481 e. The lowest BCUT2D eigenvalue weighted by atomic mass is 9.76. The standard InChI is InChI=1S/C23H28N2O3/c1-14(2)25(4)20(9-6-10-26)18-12-19-17(11-15(23(27)28)13-24(19)3)16-7-5-8-21(25)22(16)18/h5,7-8,10-11,14-15,19H,6,9,12-13H2,1-4H3/p+1/t15-,19-,25-/m1/s1. The van der Waals surface area contributed by atoms with E-state index in [1.54, 1.807) is 0 Å². The van der Waals surface area contributed by atoms with E-state index in [9.17, 15) is 14.7 Å². The van der Waals surface area contributed by atoms with Gasteiger partial charge in [0.25, 0.3) is 0 Å². The quantitative estimate of drug-likeness (QED) is 0.626. The molecule has 0 amide bonds. The first-order valence-corrected chi connectivity index (χ1v) is 10.1. The van der Waals surface area contributed by atoms with E-state index in [1.807, 2.05) is 13.1 Å². The van der Waals surface area contributed by atoms with Gasteiger partial charge in [-0.05, 0) is 38.5 Å². The molecule has 4 rings (SSSR count). The molecule has 0 unspecified atom stereocenters. The Morgan fingerprint density at radius 3 is 2.79 bits per heavy atom. The van der Waals surface area contributed by atoms with Crippen molar-refractivity contribution >= 4 is 29.1 Å². The molecule has 0 saturated heterocycles. The smallest absolute Gasteiger partial charge is 0.311 e. The van der Waals surface area contributed by atoms with Gasteiger partial charge in [0.15, 0.2) is 0 Å². The Hall–Kier alpha value is -2.24. The fourth-order valence-corrected chi connectivity index (χ4v) is 5.38. The fraction of sp³-hybridized carbons (Fsp3) is 0.478. The number of carbonyl (C=O) groups is 2. The van der Waals surface area contributed by atoms with Crippen LogP contribution in [0, 0.1) is 5.92 Å². The van der Waals surface area contributed by atoms with Crippen LogP contribution in [0.5, 0.6) is 0 Å². The molecule has 3 atom stereocenters. The average Bonchev–Trinajstić information content (AvgIpc) is 2.91. The average molecular weight is 381 g/mol. The van der Waals surface area contributed by atoms with Crippen molar-refractivity contribution < 1.29 is 14.7 Å². The number of rotatable bonds is 5. The van der Waals surface area contributed by atoms with Gasteiger partial charge in [0, 0.05) is 37.1 Å². The zero-order valence-corrected chi connectivity index (χ0v) is 17.1. The minimum atomic E-state index is -0.763. The van der Waals surface area contributed by atoms with Crippen LogP contribution in [0.3, 0.4) is 0 Å². The third kappa shape index (κ3) is 2.53. The molecule has 0 aromatic heterocycles. The van der Waals surface area contributed by atoms with Gasteiger partial charge in [0.2, 0.25) is 0 Å². The molecule has 0 spiro atoms. The van der Waals surface area contributed by atoms with Crippen LogP contribution >= 0.6 is 0 Å². The van der Waals surface area contributed by atoms with Gasteiger partial charge in [0.05, 0.1) is 24.6 Å². The highest BCUT2D eigenvalue weighted by atomic mass is 16.4. The van der Waals surface area contributed by atoms with Gasteiger partial charge < -0.3 is 9.90 Å². The molecule has 28 heavy (non-hydrogen) atoms. The first-order valence-electron chi connectivity index (χ1n) is 10.1.